The molecular formula is C35H31N5O6S. The highest BCUT2D eigenvalue weighted by molar-refractivity contribution is 7.09. The van der Waals surface area contributed by atoms with Crippen LogP contribution in [0.15, 0.2) is 88.8 Å². The SMILES string of the molecule is CCc1nc(C=Cc2cn(-c3ccccc3)nc2OCc2ccc(OCc3nc(-c4cccc([N+](=O)[O-])c4)oc3C)c(OC)c2)cs1. The average Bonchev–Trinajstić information content (AvgIpc) is 3.84. The lowest BCUT2D eigenvalue weighted by atomic mass is 10.2. The maximum Gasteiger partial charge on any atom is 0.270 e. The molecule has 0 atom stereocenters. The highest BCUT2D eigenvalue weighted by atomic mass is 32.1. The molecule has 47 heavy (non-hydrogen) atoms. The van der Waals surface area contributed by atoms with Gasteiger partial charge in [-0.15, -0.1) is 16.4 Å². The number of thiazole rings is 1. The average molecular weight is 650 g/mol. The summed E-state index contributed by atoms with van der Waals surface area (Å²) in [6.45, 7) is 4.22. The standard InChI is InChI=1S/C35H31N5O6S/c1-4-33-36-27(22-47-33)15-14-26-19-39(28-10-6-5-7-11-28)38-35(26)45-20-24-13-16-31(32(17-24)43-3)44-21-30-23(2)46-34(37-30)25-9-8-12-29(18-25)40(41)42/h5-19,22H,4,20-21H2,1-3H3. The number of nitro benzene ring substituents is 1. The molecule has 6 rings (SSSR count). The molecule has 0 aliphatic rings. The van der Waals surface area contributed by atoms with Gasteiger partial charge in [-0.25, -0.2) is 14.6 Å². The minimum absolute atomic E-state index is 0.0386. The predicted octanol–water partition coefficient (Wildman–Crippen LogP) is 8.10. The summed E-state index contributed by atoms with van der Waals surface area (Å²) in [5.74, 6) is 2.36. The van der Waals surface area contributed by atoms with Gasteiger partial charge in [0.05, 0.1) is 34.0 Å². The van der Waals surface area contributed by atoms with Crippen molar-refractivity contribution in [1.82, 2.24) is 19.7 Å². The number of para-hydroxylation sites is 1. The number of benzene rings is 3. The monoisotopic (exact) mass is 649 g/mol. The van der Waals surface area contributed by atoms with E-state index in [1.165, 1.54) is 12.1 Å². The molecule has 3 heterocycles. The van der Waals surface area contributed by atoms with E-state index in [9.17, 15) is 10.1 Å². The number of methoxy groups -OCH3 is 1. The fourth-order valence-corrected chi connectivity index (χ4v) is 5.42. The summed E-state index contributed by atoms with van der Waals surface area (Å²) < 4.78 is 25.5. The van der Waals surface area contributed by atoms with E-state index in [2.05, 4.69) is 16.9 Å². The van der Waals surface area contributed by atoms with Crippen LogP contribution >= 0.6 is 11.3 Å². The molecule has 11 nitrogen and oxygen atoms in total. The van der Waals surface area contributed by atoms with Crippen molar-refractivity contribution in [2.75, 3.05) is 7.11 Å². The quantitative estimate of drug-likeness (QED) is 0.0900. The van der Waals surface area contributed by atoms with Gasteiger partial charge in [-0.1, -0.05) is 37.3 Å². The third-order valence-corrected chi connectivity index (χ3v) is 8.21. The molecule has 12 heteroatoms. The molecule has 0 amide bonds. The number of aryl methyl sites for hydroxylation is 2. The third-order valence-electron chi connectivity index (χ3n) is 7.20. The molecule has 0 radical (unpaired) electrons. The molecule has 0 fully saturated rings. The Balaban J connectivity index is 1.16. The van der Waals surface area contributed by atoms with Crippen LogP contribution in [0.25, 0.3) is 29.3 Å². The molecule has 0 saturated heterocycles. The van der Waals surface area contributed by atoms with Crippen molar-refractivity contribution in [3.05, 3.63) is 128 Å². The summed E-state index contributed by atoms with van der Waals surface area (Å²) in [4.78, 5) is 19.9. The molecule has 0 aliphatic heterocycles. The largest absolute Gasteiger partial charge is 0.493 e. The van der Waals surface area contributed by atoms with Gasteiger partial charge in [0.25, 0.3) is 5.69 Å². The van der Waals surface area contributed by atoms with Crippen LogP contribution in [-0.2, 0) is 19.6 Å². The Bertz CT molecular complexity index is 2030. The Labute approximate surface area is 274 Å². The summed E-state index contributed by atoms with van der Waals surface area (Å²) in [5, 5.41) is 19.0. The van der Waals surface area contributed by atoms with E-state index in [1.807, 2.05) is 72.3 Å². The molecule has 3 aromatic carbocycles. The van der Waals surface area contributed by atoms with Gasteiger partial charge in [0.1, 0.15) is 24.7 Å². The van der Waals surface area contributed by atoms with Gasteiger partial charge in [0.2, 0.25) is 11.8 Å². The first-order valence-electron chi connectivity index (χ1n) is 14.8. The fourth-order valence-electron chi connectivity index (χ4n) is 4.71. The summed E-state index contributed by atoms with van der Waals surface area (Å²) in [6, 6.07) is 21.6. The predicted molar refractivity (Wildman–Crippen MR) is 179 cm³/mol. The van der Waals surface area contributed by atoms with Crippen LogP contribution in [0.3, 0.4) is 0 Å². The van der Waals surface area contributed by atoms with Crippen LogP contribution in [0.5, 0.6) is 17.4 Å². The molecule has 3 aromatic heterocycles. The summed E-state index contributed by atoms with van der Waals surface area (Å²) in [7, 11) is 1.57. The minimum atomic E-state index is -0.455. The van der Waals surface area contributed by atoms with E-state index in [4.69, 9.17) is 23.7 Å². The van der Waals surface area contributed by atoms with Gasteiger partial charge in [-0.05, 0) is 61.4 Å². The van der Waals surface area contributed by atoms with Gasteiger partial charge in [-0.3, -0.25) is 10.1 Å². The second-order valence-electron chi connectivity index (χ2n) is 10.4. The van der Waals surface area contributed by atoms with Gasteiger partial charge in [0, 0.05) is 29.3 Å². The molecule has 238 valence electrons. The topological polar surface area (TPSA) is 128 Å². The second kappa shape index (κ2) is 14.1. The summed E-state index contributed by atoms with van der Waals surface area (Å²) >= 11 is 1.64. The molecule has 0 unspecified atom stereocenters. The summed E-state index contributed by atoms with van der Waals surface area (Å²) in [6.07, 6.45) is 6.76. The van der Waals surface area contributed by atoms with Crippen LogP contribution in [0.1, 0.15) is 40.2 Å². The van der Waals surface area contributed by atoms with Crippen molar-refractivity contribution in [3.8, 4) is 34.5 Å². The number of ether oxygens (including phenoxy) is 3. The fraction of sp³-hybridized carbons (Fsp3) is 0.171. The number of rotatable bonds is 13. The first-order chi connectivity index (χ1) is 22.9. The van der Waals surface area contributed by atoms with Crippen LogP contribution in [0.2, 0.25) is 0 Å². The highest BCUT2D eigenvalue weighted by Crippen LogP contribution is 2.31. The normalized spacial score (nSPS) is 11.2. The van der Waals surface area contributed by atoms with E-state index in [-0.39, 0.29) is 24.8 Å². The van der Waals surface area contributed by atoms with Crippen molar-refractivity contribution < 1.29 is 23.6 Å². The summed E-state index contributed by atoms with van der Waals surface area (Å²) in [5.41, 5.74) is 4.53. The van der Waals surface area contributed by atoms with Crippen molar-refractivity contribution in [3.63, 3.8) is 0 Å². The molecule has 0 aliphatic carbocycles. The molecule has 0 saturated carbocycles. The highest BCUT2D eigenvalue weighted by Gasteiger charge is 2.17. The van der Waals surface area contributed by atoms with Gasteiger partial charge >= 0.3 is 0 Å². The maximum absolute atomic E-state index is 11.2. The molecule has 0 bridgehead atoms. The Morgan fingerprint density at radius 2 is 1.83 bits per heavy atom. The molecule has 0 N–H and O–H groups in total. The first kappa shape index (κ1) is 31.2. The number of nitrogens with zero attached hydrogens (tertiary/aromatic N) is 5. The van der Waals surface area contributed by atoms with Crippen molar-refractivity contribution in [1.29, 1.82) is 0 Å². The Morgan fingerprint density at radius 3 is 2.60 bits per heavy atom. The Hall–Kier alpha value is -5.75. The smallest absolute Gasteiger partial charge is 0.270 e. The third kappa shape index (κ3) is 7.39. The number of oxazole rings is 1. The number of hydrogen-bond acceptors (Lipinski definition) is 10. The Kier molecular flexibility index (Phi) is 9.39. The zero-order chi connectivity index (χ0) is 32.8. The number of aromatic nitrogens is 4. The maximum atomic E-state index is 11.2. The van der Waals surface area contributed by atoms with E-state index in [1.54, 1.807) is 42.2 Å². The minimum Gasteiger partial charge on any atom is -0.493 e. The van der Waals surface area contributed by atoms with E-state index >= 15 is 0 Å². The molecular weight excluding hydrogens is 618 g/mol. The van der Waals surface area contributed by atoms with E-state index in [0.717, 1.165) is 33.9 Å². The zero-order valence-corrected chi connectivity index (χ0v) is 26.8. The van der Waals surface area contributed by atoms with Crippen molar-refractivity contribution in [2.24, 2.45) is 0 Å². The lowest BCUT2D eigenvalue weighted by Gasteiger charge is -2.12. The first-order valence-corrected chi connectivity index (χ1v) is 15.7. The Morgan fingerprint density at radius 1 is 0.979 bits per heavy atom. The lowest BCUT2D eigenvalue weighted by Crippen LogP contribution is -2.02. The van der Waals surface area contributed by atoms with Crippen molar-refractivity contribution >= 4 is 29.2 Å². The van der Waals surface area contributed by atoms with Crippen LogP contribution < -0.4 is 14.2 Å². The van der Waals surface area contributed by atoms with E-state index < -0.39 is 4.92 Å². The van der Waals surface area contributed by atoms with Crippen LogP contribution in [0, 0.1) is 17.0 Å². The van der Waals surface area contributed by atoms with E-state index in [0.29, 0.717) is 34.4 Å². The number of nitro groups is 1. The lowest BCUT2D eigenvalue weighted by molar-refractivity contribution is -0.384. The van der Waals surface area contributed by atoms with Crippen molar-refractivity contribution in [2.45, 2.75) is 33.5 Å². The van der Waals surface area contributed by atoms with Gasteiger partial charge < -0.3 is 18.6 Å². The van der Waals surface area contributed by atoms with Crippen LogP contribution in [-0.4, -0.2) is 31.8 Å². The molecule has 6 aromatic rings. The van der Waals surface area contributed by atoms with Gasteiger partial charge in [-0.2, -0.15) is 0 Å². The number of hydrogen-bond donors (Lipinski definition) is 0. The van der Waals surface area contributed by atoms with Gasteiger partial charge in [0.15, 0.2) is 11.5 Å². The zero-order valence-electron chi connectivity index (χ0n) is 26.0. The second-order valence-corrected chi connectivity index (χ2v) is 11.4. The number of non-ortho nitro benzene ring substituents is 1. The van der Waals surface area contributed by atoms with Crippen LogP contribution in [0.4, 0.5) is 5.69 Å². The molecule has 0 spiro atoms.